The topological polar surface area (TPSA) is 81.5 Å². The molecule has 2 heterocycles. The van der Waals surface area contributed by atoms with Gasteiger partial charge in [0.1, 0.15) is 5.82 Å². The van der Waals surface area contributed by atoms with E-state index in [4.69, 9.17) is 4.74 Å². The quantitative estimate of drug-likeness (QED) is 0.528. The molecule has 9 heteroatoms. The summed E-state index contributed by atoms with van der Waals surface area (Å²) in [5.41, 5.74) is 0.628. The summed E-state index contributed by atoms with van der Waals surface area (Å²) in [7, 11) is -3.92. The molecule has 1 saturated carbocycles. The van der Waals surface area contributed by atoms with Crippen LogP contribution in [0.2, 0.25) is 0 Å². The smallest absolute Gasteiger partial charge is 0.228 e. The maximum absolute atomic E-state index is 14.2. The van der Waals surface area contributed by atoms with Gasteiger partial charge >= 0.3 is 0 Å². The minimum absolute atomic E-state index is 0.0654. The first-order valence-corrected chi connectivity index (χ1v) is 13.6. The molecule has 1 amide bonds. The number of aromatic nitrogens is 2. The summed E-state index contributed by atoms with van der Waals surface area (Å²) in [4.78, 5) is 19.2. The summed E-state index contributed by atoms with van der Waals surface area (Å²) >= 11 is 0. The number of amides is 1. The van der Waals surface area contributed by atoms with Crippen LogP contribution in [0.5, 0.6) is 0 Å². The fourth-order valence-electron chi connectivity index (χ4n) is 4.38. The second-order valence-electron chi connectivity index (χ2n) is 10.6. The van der Waals surface area contributed by atoms with E-state index in [0.717, 1.165) is 25.7 Å². The molecule has 1 aliphatic heterocycles. The van der Waals surface area contributed by atoms with Crippen molar-refractivity contribution in [1.29, 1.82) is 0 Å². The highest BCUT2D eigenvalue weighted by Gasteiger charge is 2.36. The van der Waals surface area contributed by atoms with E-state index in [1.807, 2.05) is 25.7 Å². The van der Waals surface area contributed by atoms with Gasteiger partial charge in [-0.2, -0.15) is 0 Å². The van der Waals surface area contributed by atoms with Crippen LogP contribution in [0.1, 0.15) is 64.1 Å². The predicted octanol–water partition coefficient (Wildman–Crippen LogP) is 4.10. The van der Waals surface area contributed by atoms with Gasteiger partial charge in [-0.15, -0.1) is 0 Å². The van der Waals surface area contributed by atoms with E-state index in [1.165, 1.54) is 18.2 Å². The number of carbonyl (C=O) groups excluding carboxylic acids is 1. The molecule has 0 bridgehead atoms. The van der Waals surface area contributed by atoms with Gasteiger partial charge in [0.05, 0.1) is 36.8 Å². The molecule has 0 N–H and O–H groups in total. The fourth-order valence-corrected chi connectivity index (χ4v) is 5.89. The van der Waals surface area contributed by atoms with E-state index in [-0.39, 0.29) is 34.2 Å². The molecular weight excluding hydrogens is 457 g/mol. The zero-order valence-electron chi connectivity index (χ0n) is 20.2. The molecule has 0 radical (unpaired) electrons. The number of carbonyl (C=O) groups is 1. The van der Waals surface area contributed by atoms with Crippen molar-refractivity contribution < 1.29 is 22.3 Å². The maximum Gasteiger partial charge on any atom is 0.228 e. The Hall–Kier alpha value is -2.26. The third-order valence-electron chi connectivity index (χ3n) is 6.22. The predicted molar refractivity (Wildman–Crippen MR) is 126 cm³/mol. The number of hydrogen-bond donors (Lipinski definition) is 0. The summed E-state index contributed by atoms with van der Waals surface area (Å²) in [6, 6.07) is 6.06. The number of nitrogens with zero attached hydrogens (tertiary/aromatic N) is 3. The van der Waals surface area contributed by atoms with Gasteiger partial charge in [-0.3, -0.25) is 4.79 Å². The van der Waals surface area contributed by atoms with Crippen LogP contribution in [0.3, 0.4) is 0 Å². The van der Waals surface area contributed by atoms with E-state index in [2.05, 4.69) is 4.98 Å². The molecule has 1 aromatic heterocycles. The number of imidazole rings is 1. The van der Waals surface area contributed by atoms with Crippen molar-refractivity contribution in [2.24, 2.45) is 5.41 Å². The zero-order chi connectivity index (χ0) is 24.5. The van der Waals surface area contributed by atoms with Gasteiger partial charge in [0.15, 0.2) is 0 Å². The van der Waals surface area contributed by atoms with Crippen LogP contribution in [0, 0.1) is 11.2 Å². The molecule has 0 spiro atoms. The first kappa shape index (κ1) is 24.9. The second kappa shape index (κ2) is 9.77. The van der Waals surface area contributed by atoms with E-state index in [9.17, 15) is 17.6 Å². The average Bonchev–Trinajstić information content (AvgIpc) is 3.29. The van der Waals surface area contributed by atoms with Crippen molar-refractivity contribution in [3.8, 4) is 0 Å². The Kier molecular flexibility index (Phi) is 7.14. The Morgan fingerprint density at radius 3 is 2.59 bits per heavy atom. The lowest BCUT2D eigenvalue weighted by atomic mass is 9.91. The number of halogens is 1. The summed E-state index contributed by atoms with van der Waals surface area (Å²) in [6.07, 6.45) is 5.51. The van der Waals surface area contributed by atoms with Crippen molar-refractivity contribution >= 4 is 15.7 Å². The molecule has 2 fully saturated rings. The van der Waals surface area contributed by atoms with Gasteiger partial charge in [-0.25, -0.2) is 17.8 Å². The number of sulfone groups is 1. The Morgan fingerprint density at radius 1 is 1.24 bits per heavy atom. The van der Waals surface area contributed by atoms with E-state index >= 15 is 0 Å². The Balaban J connectivity index is 1.65. The normalized spacial score (nSPS) is 18.9. The molecule has 4 rings (SSSR count). The molecule has 7 nitrogen and oxygen atoms in total. The van der Waals surface area contributed by atoms with Crippen LogP contribution in [0.25, 0.3) is 0 Å². The van der Waals surface area contributed by atoms with Gasteiger partial charge in [-0.05, 0) is 37.2 Å². The van der Waals surface area contributed by atoms with Crippen LogP contribution in [-0.4, -0.2) is 47.5 Å². The molecule has 1 aliphatic carbocycles. The van der Waals surface area contributed by atoms with Crippen LogP contribution < -0.4 is 0 Å². The van der Waals surface area contributed by atoms with Crippen molar-refractivity contribution in [2.45, 2.75) is 89.0 Å². The molecule has 186 valence electrons. The molecule has 34 heavy (non-hydrogen) atoms. The average molecular weight is 492 g/mol. The summed E-state index contributed by atoms with van der Waals surface area (Å²) in [5, 5.41) is -0.0970. The van der Waals surface area contributed by atoms with Gasteiger partial charge in [-0.1, -0.05) is 39.0 Å². The maximum atomic E-state index is 14.2. The van der Waals surface area contributed by atoms with Gasteiger partial charge in [0, 0.05) is 24.6 Å². The van der Waals surface area contributed by atoms with E-state index in [1.54, 1.807) is 16.8 Å². The van der Waals surface area contributed by atoms with Crippen molar-refractivity contribution in [1.82, 2.24) is 14.5 Å². The fraction of sp³-hybridized carbons (Fsp3) is 0.600. The summed E-state index contributed by atoms with van der Waals surface area (Å²) < 4.78 is 48.3. The summed E-state index contributed by atoms with van der Waals surface area (Å²) in [5.74, 6) is -0.969. The second-order valence-corrected chi connectivity index (χ2v) is 12.5. The van der Waals surface area contributed by atoms with Gasteiger partial charge < -0.3 is 14.2 Å². The third-order valence-corrected chi connectivity index (χ3v) is 7.79. The monoisotopic (exact) mass is 491 g/mol. The highest BCUT2D eigenvalue weighted by Crippen LogP contribution is 2.32. The minimum Gasteiger partial charge on any atom is -0.376 e. The standard InChI is InChI=1S/C25H34FN3O4S/c1-25(2,3)13-23(30)28(19-10-11-19)15-20-14-27-24(29(20)16-21-8-6-12-33-21)34(31,32)17-18-7-4-5-9-22(18)26/h4-5,7,9,14,19,21H,6,8,10-13,15-17H2,1-3H3/t21-/m1/s1. The largest absolute Gasteiger partial charge is 0.376 e. The van der Waals surface area contributed by atoms with Gasteiger partial charge in [0.25, 0.3) is 0 Å². The molecule has 1 saturated heterocycles. The number of ether oxygens (including phenoxy) is 1. The number of hydrogen-bond acceptors (Lipinski definition) is 5. The van der Waals surface area contributed by atoms with Crippen LogP contribution in [0.4, 0.5) is 4.39 Å². The summed E-state index contributed by atoms with van der Waals surface area (Å²) in [6.45, 7) is 7.38. The van der Waals surface area contributed by atoms with Crippen LogP contribution in [0.15, 0.2) is 35.6 Å². The lowest BCUT2D eigenvalue weighted by Crippen LogP contribution is -2.36. The lowest BCUT2D eigenvalue weighted by molar-refractivity contribution is -0.134. The zero-order valence-corrected chi connectivity index (χ0v) is 21.0. The first-order chi connectivity index (χ1) is 16.0. The SMILES string of the molecule is CC(C)(C)CC(=O)N(Cc1cnc(S(=O)(=O)Cc2ccccc2F)n1C[C@H]1CCCO1)C1CC1. The van der Waals surface area contributed by atoms with Crippen molar-refractivity contribution in [2.75, 3.05) is 6.61 Å². The molecule has 2 aliphatic rings. The van der Waals surface area contributed by atoms with E-state index < -0.39 is 21.4 Å². The minimum atomic E-state index is -3.92. The number of benzene rings is 1. The Morgan fingerprint density at radius 2 is 1.97 bits per heavy atom. The highest BCUT2D eigenvalue weighted by molar-refractivity contribution is 7.90. The lowest BCUT2D eigenvalue weighted by Gasteiger charge is -2.27. The molecule has 1 aromatic carbocycles. The Bertz CT molecular complexity index is 1130. The highest BCUT2D eigenvalue weighted by atomic mass is 32.2. The Labute approximate surface area is 201 Å². The molecule has 2 aromatic rings. The van der Waals surface area contributed by atoms with Crippen LogP contribution in [-0.2, 0) is 38.2 Å². The van der Waals surface area contributed by atoms with Crippen molar-refractivity contribution in [3.63, 3.8) is 0 Å². The first-order valence-electron chi connectivity index (χ1n) is 12.0. The molecule has 1 atom stereocenters. The van der Waals surface area contributed by atoms with Crippen LogP contribution >= 0.6 is 0 Å². The molecule has 0 unspecified atom stereocenters. The van der Waals surface area contributed by atoms with Gasteiger partial charge in [0.2, 0.25) is 20.9 Å². The third kappa shape index (κ3) is 6.05. The van der Waals surface area contributed by atoms with Crippen molar-refractivity contribution in [3.05, 3.63) is 47.5 Å². The van der Waals surface area contributed by atoms with E-state index in [0.29, 0.717) is 31.8 Å². The number of rotatable bonds is 9. The molecular formula is C25H34FN3O4S.